The van der Waals surface area contributed by atoms with Crippen LogP contribution in [-0.4, -0.2) is 44.0 Å². The van der Waals surface area contributed by atoms with Crippen molar-refractivity contribution in [1.82, 2.24) is 14.9 Å². The number of carbonyl (C=O) groups excluding carboxylic acids is 2. The molecule has 2 amide bonds. The number of hydrogen-bond acceptors (Lipinski definition) is 6. The lowest BCUT2D eigenvalue weighted by Gasteiger charge is -2.29. The zero-order valence-electron chi connectivity index (χ0n) is 22.3. The van der Waals surface area contributed by atoms with E-state index in [4.69, 9.17) is 9.47 Å². The molecule has 1 fully saturated rings. The van der Waals surface area contributed by atoms with Gasteiger partial charge in [-0.25, -0.2) is 13.1 Å². The number of aryl methyl sites for hydroxylation is 1. The van der Waals surface area contributed by atoms with E-state index in [1.54, 1.807) is 36.1 Å². The lowest BCUT2D eigenvalue weighted by molar-refractivity contribution is -0.140. The van der Waals surface area contributed by atoms with Crippen LogP contribution in [0.3, 0.4) is 0 Å². The number of hydrogen-bond donors (Lipinski definition) is 2. The molecule has 1 aliphatic carbocycles. The molecule has 0 radical (unpaired) electrons. The predicted molar refractivity (Wildman–Crippen MR) is 149 cm³/mol. The summed E-state index contributed by atoms with van der Waals surface area (Å²) in [4.78, 5) is 28.4. The highest BCUT2D eigenvalue weighted by Gasteiger charge is 2.28. The Kier molecular flexibility index (Phi) is 8.37. The van der Waals surface area contributed by atoms with Crippen LogP contribution < -0.4 is 19.5 Å². The molecule has 40 heavy (non-hydrogen) atoms. The van der Waals surface area contributed by atoms with Crippen molar-refractivity contribution in [3.8, 4) is 11.5 Å². The van der Waals surface area contributed by atoms with Gasteiger partial charge in [0.15, 0.2) is 11.5 Å². The van der Waals surface area contributed by atoms with E-state index < -0.39 is 16.1 Å². The second-order valence-corrected chi connectivity index (χ2v) is 11.8. The number of ether oxygens (including phenoxy) is 2. The van der Waals surface area contributed by atoms with Crippen LogP contribution in [0.15, 0.2) is 77.7 Å². The van der Waals surface area contributed by atoms with Gasteiger partial charge in [-0.15, -0.1) is 0 Å². The summed E-state index contributed by atoms with van der Waals surface area (Å²) in [6.45, 7) is 2.49. The molecule has 1 atom stereocenters. The average molecular weight is 564 g/mol. The number of benzene rings is 3. The van der Waals surface area contributed by atoms with E-state index in [9.17, 15) is 18.0 Å². The number of amides is 2. The van der Waals surface area contributed by atoms with Crippen LogP contribution >= 0.6 is 0 Å². The van der Waals surface area contributed by atoms with E-state index in [0.29, 0.717) is 24.5 Å². The number of nitrogens with zero attached hydrogens (tertiary/aromatic N) is 1. The Hall–Kier alpha value is -3.89. The highest BCUT2D eigenvalue weighted by atomic mass is 32.2. The minimum atomic E-state index is -3.53. The van der Waals surface area contributed by atoms with Gasteiger partial charge in [-0.3, -0.25) is 9.59 Å². The van der Waals surface area contributed by atoms with Crippen LogP contribution in [0.25, 0.3) is 0 Å². The fraction of sp³-hybridized carbons (Fsp3) is 0.333. The third-order valence-corrected chi connectivity index (χ3v) is 8.56. The number of sulfonamides is 1. The van der Waals surface area contributed by atoms with Gasteiger partial charge in [0.25, 0.3) is 0 Å². The Morgan fingerprint density at radius 1 is 0.925 bits per heavy atom. The lowest BCUT2D eigenvalue weighted by Crippen LogP contribution is -2.47. The topological polar surface area (TPSA) is 114 Å². The number of fused-ring (bicyclic) bond motifs is 1. The summed E-state index contributed by atoms with van der Waals surface area (Å²) in [5.41, 5.74) is 2.63. The Morgan fingerprint density at radius 2 is 1.62 bits per heavy atom. The first-order chi connectivity index (χ1) is 19.3. The molecule has 2 N–H and O–H groups in total. The summed E-state index contributed by atoms with van der Waals surface area (Å²) >= 11 is 0. The molecule has 0 saturated heterocycles. The summed E-state index contributed by atoms with van der Waals surface area (Å²) in [5, 5.41) is 2.93. The number of rotatable bonds is 12. The van der Waals surface area contributed by atoms with Gasteiger partial charge in [0.2, 0.25) is 28.6 Å². The lowest BCUT2D eigenvalue weighted by atomic mass is 10.1. The van der Waals surface area contributed by atoms with Crippen LogP contribution in [0.4, 0.5) is 0 Å². The van der Waals surface area contributed by atoms with Crippen molar-refractivity contribution in [3.63, 3.8) is 0 Å². The van der Waals surface area contributed by atoms with Gasteiger partial charge in [-0.2, -0.15) is 0 Å². The Bertz CT molecular complexity index is 1460. The first kappa shape index (κ1) is 27.7. The zero-order valence-corrected chi connectivity index (χ0v) is 23.2. The van der Waals surface area contributed by atoms with E-state index in [2.05, 4.69) is 10.0 Å². The molecule has 3 aromatic rings. The molecule has 5 rings (SSSR count). The maximum atomic E-state index is 13.4. The van der Waals surface area contributed by atoms with Gasteiger partial charge in [-0.05, 0) is 67.1 Å². The number of nitrogens with one attached hydrogen (secondary N) is 2. The van der Waals surface area contributed by atoms with Crippen molar-refractivity contribution in [3.05, 3.63) is 89.5 Å². The van der Waals surface area contributed by atoms with Gasteiger partial charge in [-0.1, -0.05) is 48.5 Å². The van der Waals surface area contributed by atoms with Crippen molar-refractivity contribution in [2.75, 3.05) is 6.79 Å². The largest absolute Gasteiger partial charge is 0.454 e. The summed E-state index contributed by atoms with van der Waals surface area (Å²) in [6.07, 6.45) is 2.34. The molecule has 1 saturated carbocycles. The third kappa shape index (κ3) is 7.00. The maximum absolute atomic E-state index is 13.4. The van der Waals surface area contributed by atoms with E-state index in [0.717, 1.165) is 29.5 Å². The molecule has 3 aromatic carbocycles. The fourth-order valence-corrected chi connectivity index (χ4v) is 5.77. The maximum Gasteiger partial charge on any atom is 0.242 e. The Balaban J connectivity index is 1.22. The highest BCUT2D eigenvalue weighted by Crippen LogP contribution is 2.32. The van der Waals surface area contributed by atoms with Gasteiger partial charge in [0, 0.05) is 25.6 Å². The molecular formula is C30H33N3O6S. The Labute approximate surface area is 234 Å². The summed E-state index contributed by atoms with van der Waals surface area (Å²) < 4.78 is 38.3. The van der Waals surface area contributed by atoms with E-state index >= 15 is 0 Å². The van der Waals surface area contributed by atoms with Crippen LogP contribution in [0.2, 0.25) is 0 Å². The van der Waals surface area contributed by atoms with Crippen molar-refractivity contribution in [2.24, 2.45) is 0 Å². The van der Waals surface area contributed by atoms with Crippen LogP contribution in [0, 0.1) is 0 Å². The molecule has 210 valence electrons. The first-order valence-corrected chi connectivity index (χ1v) is 14.9. The molecule has 0 bridgehead atoms. The van der Waals surface area contributed by atoms with Crippen molar-refractivity contribution < 1.29 is 27.5 Å². The van der Waals surface area contributed by atoms with Gasteiger partial charge in [0.1, 0.15) is 6.04 Å². The second-order valence-electron chi connectivity index (χ2n) is 10.1. The highest BCUT2D eigenvalue weighted by molar-refractivity contribution is 7.89. The average Bonchev–Trinajstić information content (AvgIpc) is 3.64. The third-order valence-electron chi connectivity index (χ3n) is 7.03. The van der Waals surface area contributed by atoms with Crippen LogP contribution in [0.1, 0.15) is 42.9 Å². The van der Waals surface area contributed by atoms with Crippen LogP contribution in [0.5, 0.6) is 11.5 Å². The predicted octanol–water partition coefficient (Wildman–Crippen LogP) is 3.52. The fourth-order valence-electron chi connectivity index (χ4n) is 4.47. The van der Waals surface area contributed by atoms with E-state index in [1.807, 2.05) is 48.5 Å². The molecule has 0 aromatic heterocycles. The van der Waals surface area contributed by atoms with E-state index in [1.165, 1.54) is 0 Å². The standard InChI is InChI=1S/C30H33N3O6S/c1-21(30(35)31-18-24-9-15-27-28(17-24)39-20-38-27)33(19-23-5-3-2-4-6-23)29(34)16-10-22-7-13-26(14-8-22)40(36,37)32-25-11-12-25/h2-9,13-15,17,21,25,32H,10-12,16,18-20H2,1H3,(H,31,35)/t21-/m0/s1. The summed E-state index contributed by atoms with van der Waals surface area (Å²) in [7, 11) is -3.53. The molecule has 0 unspecified atom stereocenters. The number of carbonyl (C=O) groups is 2. The van der Waals surface area contributed by atoms with E-state index in [-0.39, 0.29) is 42.5 Å². The Morgan fingerprint density at radius 3 is 2.35 bits per heavy atom. The van der Waals surface area contributed by atoms with Crippen molar-refractivity contribution in [1.29, 1.82) is 0 Å². The molecule has 1 heterocycles. The normalized spacial score (nSPS) is 14.9. The summed E-state index contributed by atoms with van der Waals surface area (Å²) in [6, 6.07) is 21.0. The quantitative estimate of drug-likeness (QED) is 0.349. The minimum absolute atomic E-state index is 0.0362. The molecule has 0 spiro atoms. The molecule has 10 heteroatoms. The molecule has 2 aliphatic rings. The van der Waals surface area contributed by atoms with Crippen LogP contribution in [-0.2, 0) is 39.1 Å². The van der Waals surface area contributed by atoms with Gasteiger partial charge >= 0.3 is 0 Å². The van der Waals surface area contributed by atoms with Crippen molar-refractivity contribution >= 4 is 21.8 Å². The first-order valence-electron chi connectivity index (χ1n) is 13.4. The van der Waals surface area contributed by atoms with Crippen molar-refractivity contribution in [2.45, 2.75) is 62.7 Å². The summed E-state index contributed by atoms with van der Waals surface area (Å²) in [5.74, 6) is 0.890. The minimum Gasteiger partial charge on any atom is -0.454 e. The SMILES string of the molecule is C[C@@H](C(=O)NCc1ccc2c(c1)OCO2)N(Cc1ccccc1)C(=O)CCc1ccc(S(=O)(=O)NC2CC2)cc1. The molecule has 9 nitrogen and oxygen atoms in total. The molecular weight excluding hydrogens is 530 g/mol. The smallest absolute Gasteiger partial charge is 0.242 e. The zero-order chi connectivity index (χ0) is 28.1. The second kappa shape index (κ2) is 12.1. The van der Waals surface area contributed by atoms with Gasteiger partial charge in [0.05, 0.1) is 4.90 Å². The monoisotopic (exact) mass is 563 g/mol. The molecule has 1 aliphatic heterocycles. The van der Waals surface area contributed by atoms with Gasteiger partial charge < -0.3 is 19.7 Å².